The van der Waals surface area contributed by atoms with Gasteiger partial charge in [0.25, 0.3) is 0 Å². The minimum atomic E-state index is -0.479. The first-order valence-corrected chi connectivity index (χ1v) is 6.83. The lowest BCUT2D eigenvalue weighted by molar-refractivity contribution is 0.0530. The summed E-state index contributed by atoms with van der Waals surface area (Å²) in [5.41, 5.74) is 6.86. The molecule has 0 radical (unpaired) electrons. The van der Waals surface area contributed by atoms with Crippen LogP contribution in [0.5, 0.6) is 0 Å². The van der Waals surface area contributed by atoms with Crippen molar-refractivity contribution in [1.82, 2.24) is 5.32 Å². The predicted molar refractivity (Wildman–Crippen MR) is 81.3 cm³/mol. The van der Waals surface area contributed by atoms with Gasteiger partial charge in [0.2, 0.25) is 0 Å². The molecule has 0 fully saturated rings. The lowest BCUT2D eigenvalue weighted by Gasteiger charge is -2.19. The lowest BCUT2D eigenvalue weighted by atomic mass is 10.2. The van der Waals surface area contributed by atoms with Crippen LogP contribution in [0.25, 0.3) is 0 Å². The second-order valence-electron chi connectivity index (χ2n) is 5.09. The van der Waals surface area contributed by atoms with Gasteiger partial charge in [-0.3, -0.25) is 0 Å². The number of carbonyl (C=O) groups excluding carboxylic acids is 1. The molecule has 19 heavy (non-hydrogen) atoms. The van der Waals surface area contributed by atoms with E-state index in [2.05, 4.69) is 26.6 Å². The largest absolute Gasteiger partial charge is 0.444 e. The summed E-state index contributed by atoms with van der Waals surface area (Å²) in [5.74, 6) is 0. The lowest BCUT2D eigenvalue weighted by Crippen LogP contribution is -2.35. The maximum absolute atomic E-state index is 11.4. The molecule has 0 aliphatic heterocycles. The molecule has 1 aromatic rings. The third-order valence-electron chi connectivity index (χ3n) is 2.12. The molecule has 0 aliphatic rings. The third-order valence-corrected chi connectivity index (χ3v) is 2.62. The number of nitrogen functional groups attached to an aromatic ring is 1. The molecule has 0 heterocycles. The van der Waals surface area contributed by atoms with E-state index in [4.69, 9.17) is 10.5 Å². The van der Waals surface area contributed by atoms with Gasteiger partial charge >= 0.3 is 6.09 Å². The Morgan fingerprint density at radius 3 is 2.63 bits per heavy atom. The number of rotatable bonds is 4. The number of nitrogens with one attached hydrogen (secondary N) is 2. The van der Waals surface area contributed by atoms with Gasteiger partial charge in [-0.2, -0.15) is 0 Å². The molecular weight excluding hydrogens is 310 g/mol. The Balaban J connectivity index is 2.29. The summed E-state index contributed by atoms with van der Waals surface area (Å²) in [7, 11) is 0. The van der Waals surface area contributed by atoms with Crippen molar-refractivity contribution in [1.29, 1.82) is 0 Å². The molecule has 6 heteroatoms. The number of nitrogens with two attached hydrogens (primary N) is 1. The van der Waals surface area contributed by atoms with Crippen molar-refractivity contribution in [2.24, 2.45) is 0 Å². The van der Waals surface area contributed by atoms with E-state index in [0.29, 0.717) is 18.8 Å². The van der Waals surface area contributed by atoms with Crippen molar-refractivity contribution in [3.8, 4) is 0 Å². The second-order valence-corrected chi connectivity index (χ2v) is 6.00. The molecule has 1 aromatic carbocycles. The van der Waals surface area contributed by atoms with Crippen molar-refractivity contribution < 1.29 is 9.53 Å². The van der Waals surface area contributed by atoms with Crippen molar-refractivity contribution >= 4 is 33.4 Å². The molecule has 0 spiro atoms. The molecule has 0 saturated heterocycles. The van der Waals surface area contributed by atoms with Crippen LogP contribution in [-0.4, -0.2) is 24.8 Å². The number of benzene rings is 1. The van der Waals surface area contributed by atoms with E-state index in [0.717, 1.165) is 10.2 Å². The maximum atomic E-state index is 11.4. The number of carbonyl (C=O) groups is 1. The highest BCUT2D eigenvalue weighted by Crippen LogP contribution is 2.22. The zero-order valence-corrected chi connectivity index (χ0v) is 13.0. The normalized spacial score (nSPS) is 10.9. The van der Waals surface area contributed by atoms with E-state index in [1.165, 1.54) is 0 Å². The number of amides is 1. The van der Waals surface area contributed by atoms with Gasteiger partial charge in [0.05, 0.1) is 11.4 Å². The van der Waals surface area contributed by atoms with Crippen LogP contribution in [-0.2, 0) is 4.74 Å². The fourth-order valence-electron chi connectivity index (χ4n) is 1.37. The van der Waals surface area contributed by atoms with Gasteiger partial charge in [0.1, 0.15) is 5.60 Å². The number of anilines is 2. The van der Waals surface area contributed by atoms with Gasteiger partial charge < -0.3 is 21.1 Å². The summed E-state index contributed by atoms with van der Waals surface area (Å²) >= 11 is 3.34. The van der Waals surface area contributed by atoms with Crippen LogP contribution >= 0.6 is 15.9 Å². The number of hydrogen-bond donors (Lipinski definition) is 3. The zero-order valence-electron chi connectivity index (χ0n) is 11.4. The molecule has 1 amide bonds. The van der Waals surface area contributed by atoms with Gasteiger partial charge in [-0.25, -0.2) is 4.79 Å². The summed E-state index contributed by atoms with van der Waals surface area (Å²) in [6, 6.07) is 5.61. The number of halogens is 1. The highest BCUT2D eigenvalue weighted by atomic mass is 79.9. The summed E-state index contributed by atoms with van der Waals surface area (Å²) in [4.78, 5) is 11.4. The van der Waals surface area contributed by atoms with Gasteiger partial charge in [0, 0.05) is 17.6 Å². The summed E-state index contributed by atoms with van der Waals surface area (Å²) in [6.07, 6.45) is -0.418. The van der Waals surface area contributed by atoms with Crippen LogP contribution in [0.15, 0.2) is 22.7 Å². The van der Waals surface area contributed by atoms with Crippen molar-refractivity contribution in [2.75, 3.05) is 24.1 Å². The molecule has 0 bridgehead atoms. The average Bonchev–Trinajstić information content (AvgIpc) is 2.24. The van der Waals surface area contributed by atoms with E-state index >= 15 is 0 Å². The van der Waals surface area contributed by atoms with Crippen LogP contribution in [0, 0.1) is 0 Å². The topological polar surface area (TPSA) is 76.4 Å². The van der Waals surface area contributed by atoms with Gasteiger partial charge in [-0.1, -0.05) is 15.9 Å². The predicted octanol–water partition coefficient (Wildman–Crippen LogP) is 2.97. The molecule has 0 aromatic heterocycles. The minimum Gasteiger partial charge on any atom is -0.444 e. The van der Waals surface area contributed by atoms with Crippen LogP contribution in [0.4, 0.5) is 16.2 Å². The molecule has 4 N–H and O–H groups in total. The number of hydrogen-bond acceptors (Lipinski definition) is 4. The molecule has 0 saturated carbocycles. The second kappa shape index (κ2) is 6.65. The SMILES string of the molecule is CC(C)(C)OC(=O)NCCNc1ccc(Br)cc1N. The van der Waals surface area contributed by atoms with E-state index in [-0.39, 0.29) is 0 Å². The van der Waals surface area contributed by atoms with Crippen LogP contribution in [0.2, 0.25) is 0 Å². The minimum absolute atomic E-state index is 0.418. The standard InChI is InChI=1S/C13H20BrN3O2/c1-13(2,3)19-12(18)17-7-6-16-11-5-4-9(14)8-10(11)15/h4-5,8,16H,6-7,15H2,1-3H3,(H,17,18). The monoisotopic (exact) mass is 329 g/mol. The van der Waals surface area contributed by atoms with E-state index in [9.17, 15) is 4.79 Å². The fraction of sp³-hybridized carbons (Fsp3) is 0.462. The fourth-order valence-corrected chi connectivity index (χ4v) is 1.75. The Kier molecular flexibility index (Phi) is 5.47. The van der Waals surface area contributed by atoms with Crippen molar-refractivity contribution in [3.05, 3.63) is 22.7 Å². The van der Waals surface area contributed by atoms with Crippen molar-refractivity contribution in [3.63, 3.8) is 0 Å². The Bertz CT molecular complexity index is 444. The first-order chi connectivity index (χ1) is 8.78. The summed E-state index contributed by atoms with van der Waals surface area (Å²) in [5, 5.41) is 5.81. The van der Waals surface area contributed by atoms with Gasteiger partial charge in [-0.05, 0) is 39.0 Å². The van der Waals surface area contributed by atoms with Gasteiger partial charge in [0.15, 0.2) is 0 Å². The van der Waals surface area contributed by atoms with Crippen LogP contribution < -0.4 is 16.4 Å². The van der Waals surface area contributed by atoms with Crippen molar-refractivity contribution in [2.45, 2.75) is 26.4 Å². The molecule has 0 aliphatic carbocycles. The Morgan fingerprint density at radius 1 is 1.37 bits per heavy atom. The van der Waals surface area contributed by atoms with E-state index in [1.807, 2.05) is 39.0 Å². The van der Waals surface area contributed by atoms with Crippen LogP contribution in [0.3, 0.4) is 0 Å². The number of ether oxygens (including phenoxy) is 1. The van der Waals surface area contributed by atoms with E-state index < -0.39 is 11.7 Å². The Morgan fingerprint density at radius 2 is 2.05 bits per heavy atom. The highest BCUT2D eigenvalue weighted by molar-refractivity contribution is 9.10. The molecule has 0 atom stereocenters. The Hall–Kier alpha value is -1.43. The quantitative estimate of drug-likeness (QED) is 0.586. The average molecular weight is 330 g/mol. The first kappa shape index (κ1) is 15.6. The molecule has 1 rings (SSSR count). The third kappa shape index (κ3) is 6.33. The summed E-state index contributed by atoms with van der Waals surface area (Å²) < 4.78 is 6.05. The first-order valence-electron chi connectivity index (χ1n) is 6.04. The molecule has 0 unspecified atom stereocenters. The van der Waals surface area contributed by atoms with Gasteiger partial charge in [-0.15, -0.1) is 0 Å². The molecule has 106 valence electrons. The smallest absolute Gasteiger partial charge is 0.407 e. The van der Waals surface area contributed by atoms with Crippen LogP contribution in [0.1, 0.15) is 20.8 Å². The molecule has 5 nitrogen and oxygen atoms in total. The molecular formula is C13H20BrN3O2. The number of alkyl carbamates (subject to hydrolysis) is 1. The maximum Gasteiger partial charge on any atom is 0.407 e. The highest BCUT2D eigenvalue weighted by Gasteiger charge is 2.15. The van der Waals surface area contributed by atoms with E-state index in [1.54, 1.807) is 0 Å². The Labute approximate surface area is 122 Å². The summed E-state index contributed by atoms with van der Waals surface area (Å²) in [6.45, 7) is 6.52. The zero-order chi connectivity index (χ0) is 14.5.